The van der Waals surface area contributed by atoms with E-state index in [0.717, 1.165) is 11.1 Å². The van der Waals surface area contributed by atoms with Crippen LogP contribution in [0.5, 0.6) is 28.7 Å². The summed E-state index contributed by atoms with van der Waals surface area (Å²) >= 11 is 0. The maximum absolute atomic E-state index is 13.5. The lowest BCUT2D eigenvalue weighted by Crippen LogP contribution is -2.22. The largest absolute Gasteiger partial charge is 0.478 e. The van der Waals surface area contributed by atoms with Crippen LogP contribution in [0.3, 0.4) is 0 Å². The number of hydrogen-bond acceptors (Lipinski definition) is 9. The van der Waals surface area contributed by atoms with Gasteiger partial charge in [0.25, 0.3) is 12.4 Å². The van der Waals surface area contributed by atoms with Gasteiger partial charge in [-0.05, 0) is 105 Å². The number of ether oxygens (including phenoxy) is 3. The van der Waals surface area contributed by atoms with Crippen molar-refractivity contribution < 1.29 is 43.6 Å². The maximum Gasteiger partial charge on any atom is 0.336 e. The molecule has 5 rings (SSSR count). The molecule has 0 spiro atoms. The average molecular weight is 717 g/mol. The third kappa shape index (κ3) is 8.71. The topological polar surface area (TPSA) is 160 Å². The number of amides is 1. The molecule has 0 unspecified atom stereocenters. The van der Waals surface area contributed by atoms with Crippen LogP contribution < -0.4 is 24.8 Å². The van der Waals surface area contributed by atoms with Crippen LogP contribution in [0.1, 0.15) is 82.4 Å². The first kappa shape index (κ1) is 37.8. The highest BCUT2D eigenvalue weighted by Gasteiger charge is 2.25. The number of aliphatic hydroxyl groups is 1. The molecule has 1 amide bonds. The van der Waals surface area contributed by atoms with Crippen LogP contribution in [-0.2, 0) is 15.8 Å². The predicted molar refractivity (Wildman–Crippen MR) is 201 cm³/mol. The second-order valence-electron chi connectivity index (χ2n) is 13.3. The fourth-order valence-electron chi connectivity index (χ4n) is 5.81. The number of carboxylic acid groups (broad SMARTS) is 1. The first-order valence-electron chi connectivity index (χ1n) is 16.7. The van der Waals surface area contributed by atoms with Gasteiger partial charge in [0.2, 0.25) is 0 Å². The minimum atomic E-state index is -1.28. The van der Waals surface area contributed by atoms with E-state index in [1.165, 1.54) is 37.3 Å². The molecule has 11 heteroatoms. The quantitative estimate of drug-likeness (QED) is 0.0648. The third-order valence-corrected chi connectivity index (χ3v) is 8.81. The first-order valence-corrected chi connectivity index (χ1v) is 16.7. The lowest BCUT2D eigenvalue weighted by atomic mass is 9.78. The van der Waals surface area contributed by atoms with Crippen LogP contribution in [0, 0.1) is 0 Å². The summed E-state index contributed by atoms with van der Waals surface area (Å²) in [6.45, 7) is 8.99. The van der Waals surface area contributed by atoms with Crippen molar-refractivity contribution in [2.24, 2.45) is 0 Å². The zero-order valence-electron chi connectivity index (χ0n) is 30.1. The van der Waals surface area contributed by atoms with Crippen LogP contribution in [-0.4, -0.2) is 41.4 Å². The van der Waals surface area contributed by atoms with Crippen LogP contribution in [0.15, 0.2) is 103 Å². The van der Waals surface area contributed by atoms with E-state index in [1.54, 1.807) is 57.3 Å². The van der Waals surface area contributed by atoms with E-state index in [0.29, 0.717) is 34.2 Å². The highest BCUT2D eigenvalue weighted by atomic mass is 16.5. The van der Waals surface area contributed by atoms with E-state index < -0.39 is 22.9 Å². The smallest absolute Gasteiger partial charge is 0.336 e. The zero-order valence-corrected chi connectivity index (χ0v) is 30.1. The Morgan fingerprint density at radius 3 is 1.70 bits per heavy atom. The molecule has 272 valence electrons. The monoisotopic (exact) mass is 716 g/mol. The van der Waals surface area contributed by atoms with E-state index in [-0.39, 0.29) is 40.4 Å². The van der Waals surface area contributed by atoms with Crippen molar-refractivity contribution in [1.29, 1.82) is 0 Å². The lowest BCUT2D eigenvalue weighted by Gasteiger charge is -2.26. The summed E-state index contributed by atoms with van der Waals surface area (Å²) in [6, 6.07) is 28.9. The number of aromatic carboxylic acids is 1. The highest BCUT2D eigenvalue weighted by molar-refractivity contribution is 6.11. The molecule has 0 fully saturated rings. The number of hydrogen-bond donors (Lipinski definition) is 4. The Hall–Kier alpha value is -6.46. The van der Waals surface area contributed by atoms with Gasteiger partial charge in [-0.3, -0.25) is 14.4 Å². The fourth-order valence-corrected chi connectivity index (χ4v) is 5.81. The minimum absolute atomic E-state index is 0.111. The molecule has 0 bridgehead atoms. The van der Waals surface area contributed by atoms with Crippen LogP contribution in [0.4, 0.5) is 11.4 Å². The predicted octanol–water partition coefficient (Wildman–Crippen LogP) is 8.55. The number of carbonyl (C=O) groups excluding carboxylic acids is 3. The molecule has 0 radical (unpaired) electrons. The van der Waals surface area contributed by atoms with Crippen molar-refractivity contribution in [3.05, 3.63) is 137 Å². The molecule has 0 atom stereocenters. The molecule has 0 saturated heterocycles. The summed E-state index contributed by atoms with van der Waals surface area (Å²) < 4.78 is 16.9. The summed E-state index contributed by atoms with van der Waals surface area (Å²) in [5, 5.41) is 26.3. The molecule has 11 nitrogen and oxygen atoms in total. The molecule has 53 heavy (non-hydrogen) atoms. The van der Waals surface area contributed by atoms with E-state index in [9.17, 15) is 29.4 Å². The van der Waals surface area contributed by atoms with Crippen molar-refractivity contribution in [2.75, 3.05) is 17.7 Å². The van der Waals surface area contributed by atoms with Crippen molar-refractivity contribution in [3.8, 4) is 28.7 Å². The summed E-state index contributed by atoms with van der Waals surface area (Å²) in [4.78, 5) is 48.4. The number of rotatable bonds is 14. The van der Waals surface area contributed by atoms with E-state index in [4.69, 9.17) is 14.2 Å². The summed E-state index contributed by atoms with van der Waals surface area (Å²) in [5.74, 6) is -0.355. The number of anilines is 2. The van der Waals surface area contributed by atoms with Crippen molar-refractivity contribution >= 4 is 35.5 Å². The van der Waals surface area contributed by atoms with Crippen LogP contribution >= 0.6 is 0 Å². The molecule has 0 heterocycles. The Morgan fingerprint density at radius 2 is 1.21 bits per heavy atom. The van der Waals surface area contributed by atoms with Gasteiger partial charge in [-0.2, -0.15) is 0 Å². The molecular weight excluding hydrogens is 676 g/mol. The number of carbonyl (C=O) groups is 4. The normalized spacial score (nSPS) is 11.3. The number of ketones is 1. The average Bonchev–Trinajstić information content (AvgIpc) is 3.12. The minimum Gasteiger partial charge on any atom is -0.478 e. The lowest BCUT2D eigenvalue weighted by molar-refractivity contribution is -0.120. The van der Waals surface area contributed by atoms with Gasteiger partial charge in [0.15, 0.2) is 5.78 Å². The van der Waals surface area contributed by atoms with Gasteiger partial charge in [-0.25, -0.2) is 4.79 Å². The molecule has 5 aromatic rings. The standard InChI is InChI=1S/C42H40N2O9/c1-25(46)34-22-32(17-20-38(34)51-24-45)53-30-14-9-27(10-15-30)41(2,3)26-7-12-29(13-8-26)52-31-16-18-33(40(48)49)35(23-31)39(47)44-37-21-28(43-6)11-19-36(37)42(4,5)50/h7-24,43,50H,1-6H3,(H,44,47)(H,48,49). The van der Waals surface area contributed by atoms with Gasteiger partial charge in [-0.1, -0.05) is 44.2 Å². The molecule has 5 aromatic carbocycles. The number of carboxylic acids is 1. The van der Waals surface area contributed by atoms with E-state index in [1.807, 2.05) is 36.4 Å². The molecule has 4 N–H and O–H groups in total. The van der Waals surface area contributed by atoms with Crippen LogP contribution in [0.25, 0.3) is 0 Å². The van der Waals surface area contributed by atoms with Crippen molar-refractivity contribution in [1.82, 2.24) is 0 Å². The Balaban J connectivity index is 1.32. The van der Waals surface area contributed by atoms with Gasteiger partial charge in [0, 0.05) is 29.4 Å². The Kier molecular flexibility index (Phi) is 11.0. The molecule has 0 saturated carbocycles. The maximum atomic E-state index is 13.5. The van der Waals surface area contributed by atoms with Gasteiger partial charge in [0.05, 0.1) is 22.3 Å². The molecule has 0 aliphatic heterocycles. The number of Topliss-reactive ketones (excluding diaryl/α,β-unsaturated/α-hetero) is 1. The second kappa shape index (κ2) is 15.4. The Morgan fingerprint density at radius 1 is 0.679 bits per heavy atom. The molecule has 0 aliphatic rings. The summed E-state index contributed by atoms with van der Waals surface area (Å²) in [7, 11) is 1.72. The first-order chi connectivity index (χ1) is 25.1. The summed E-state index contributed by atoms with van der Waals surface area (Å²) in [5.41, 5.74) is 1.69. The second-order valence-corrected chi connectivity index (χ2v) is 13.3. The highest BCUT2D eigenvalue weighted by Crippen LogP contribution is 2.36. The Bertz CT molecular complexity index is 2170. The van der Waals surface area contributed by atoms with Gasteiger partial charge in [0.1, 0.15) is 28.7 Å². The van der Waals surface area contributed by atoms with Crippen molar-refractivity contribution in [3.63, 3.8) is 0 Å². The third-order valence-electron chi connectivity index (χ3n) is 8.81. The SMILES string of the molecule is CNc1ccc(C(C)(C)O)c(NC(=O)c2cc(Oc3ccc(C(C)(C)c4ccc(Oc5ccc(OC=O)c(C(C)=O)c5)cc4)cc3)ccc2C(=O)O)c1. The zero-order chi connectivity index (χ0) is 38.5. The van der Waals surface area contributed by atoms with E-state index in [2.05, 4.69) is 24.5 Å². The van der Waals surface area contributed by atoms with Gasteiger partial charge >= 0.3 is 5.97 Å². The fraction of sp³-hybridized carbons (Fsp3) is 0.190. The Labute approximate surface area is 307 Å². The van der Waals surface area contributed by atoms with Gasteiger partial charge in [-0.15, -0.1) is 0 Å². The van der Waals surface area contributed by atoms with E-state index >= 15 is 0 Å². The van der Waals surface area contributed by atoms with Gasteiger partial charge < -0.3 is 35.1 Å². The molecular formula is C42H40N2O9. The van der Waals surface area contributed by atoms with Crippen molar-refractivity contribution in [2.45, 2.75) is 45.6 Å². The van der Waals surface area contributed by atoms with Crippen LogP contribution in [0.2, 0.25) is 0 Å². The summed E-state index contributed by atoms with van der Waals surface area (Å²) in [6.07, 6.45) is 0. The molecule has 0 aliphatic carbocycles. The number of nitrogens with one attached hydrogen (secondary N) is 2. The molecule has 0 aromatic heterocycles. The number of benzene rings is 5.